The summed E-state index contributed by atoms with van der Waals surface area (Å²) in [4.78, 5) is 11.8. The zero-order chi connectivity index (χ0) is 13.2. The number of hydrogen-bond donors (Lipinski definition) is 1. The van der Waals surface area contributed by atoms with Crippen LogP contribution in [0.1, 0.15) is 36.5 Å². The summed E-state index contributed by atoms with van der Waals surface area (Å²) >= 11 is 0. The summed E-state index contributed by atoms with van der Waals surface area (Å²) in [7, 11) is 0. The van der Waals surface area contributed by atoms with Crippen LogP contribution in [-0.4, -0.2) is 19.1 Å². The van der Waals surface area contributed by atoms with Gasteiger partial charge < -0.3 is 10.1 Å². The van der Waals surface area contributed by atoms with Crippen LogP contribution in [0.3, 0.4) is 0 Å². The molecule has 0 atom stereocenters. The first-order valence-corrected chi connectivity index (χ1v) is 6.22. The molecule has 0 bridgehead atoms. The maximum absolute atomic E-state index is 11.8. The van der Waals surface area contributed by atoms with Crippen molar-refractivity contribution in [3.63, 3.8) is 0 Å². The van der Waals surface area contributed by atoms with Gasteiger partial charge in [0.1, 0.15) is 5.75 Å². The lowest BCUT2D eigenvalue weighted by Gasteiger charge is -2.06. The van der Waals surface area contributed by atoms with E-state index in [1.165, 1.54) is 0 Å². The number of ether oxygens (including phenoxy) is 1. The molecule has 0 heterocycles. The van der Waals surface area contributed by atoms with Gasteiger partial charge in [0.05, 0.1) is 6.61 Å². The van der Waals surface area contributed by atoms with Crippen molar-refractivity contribution in [2.75, 3.05) is 13.2 Å². The minimum atomic E-state index is -0.0567. The van der Waals surface area contributed by atoms with E-state index in [1.807, 2.05) is 6.92 Å². The molecule has 1 aromatic rings. The lowest BCUT2D eigenvalue weighted by Crippen LogP contribution is -2.24. The maximum Gasteiger partial charge on any atom is 0.251 e. The average Bonchev–Trinajstić information content (AvgIpc) is 2.39. The van der Waals surface area contributed by atoms with E-state index in [9.17, 15) is 4.79 Å². The first-order valence-electron chi connectivity index (χ1n) is 6.22. The van der Waals surface area contributed by atoms with Crippen molar-refractivity contribution < 1.29 is 9.53 Å². The third kappa shape index (κ3) is 4.92. The van der Waals surface area contributed by atoms with Gasteiger partial charge in [-0.3, -0.25) is 4.79 Å². The Hall–Kier alpha value is -1.95. The fourth-order valence-corrected chi connectivity index (χ4v) is 1.53. The SMILES string of the molecule is C#CCCCCNC(=O)c1ccc(OCC)cc1. The predicted molar refractivity (Wildman–Crippen MR) is 72.6 cm³/mol. The van der Waals surface area contributed by atoms with Crippen molar-refractivity contribution in [1.82, 2.24) is 5.32 Å². The smallest absolute Gasteiger partial charge is 0.251 e. The molecule has 0 radical (unpaired) electrons. The number of rotatable bonds is 7. The lowest BCUT2D eigenvalue weighted by molar-refractivity contribution is 0.0953. The molecule has 1 N–H and O–H groups in total. The van der Waals surface area contributed by atoms with Crippen molar-refractivity contribution in [2.45, 2.75) is 26.2 Å². The highest BCUT2D eigenvalue weighted by atomic mass is 16.5. The van der Waals surface area contributed by atoms with E-state index in [-0.39, 0.29) is 5.91 Å². The minimum Gasteiger partial charge on any atom is -0.494 e. The van der Waals surface area contributed by atoms with E-state index in [0.717, 1.165) is 25.0 Å². The fraction of sp³-hybridized carbons (Fsp3) is 0.400. The van der Waals surface area contributed by atoms with Gasteiger partial charge in [-0.15, -0.1) is 12.3 Å². The van der Waals surface area contributed by atoms with Gasteiger partial charge in [0.15, 0.2) is 0 Å². The van der Waals surface area contributed by atoms with E-state index < -0.39 is 0 Å². The van der Waals surface area contributed by atoms with Crippen molar-refractivity contribution in [1.29, 1.82) is 0 Å². The van der Waals surface area contributed by atoms with Crippen LogP contribution in [0.15, 0.2) is 24.3 Å². The van der Waals surface area contributed by atoms with E-state index in [0.29, 0.717) is 18.7 Å². The van der Waals surface area contributed by atoms with E-state index in [1.54, 1.807) is 24.3 Å². The van der Waals surface area contributed by atoms with Gasteiger partial charge in [-0.25, -0.2) is 0 Å². The standard InChI is InChI=1S/C15H19NO2/c1-3-5-6-7-12-16-15(17)13-8-10-14(11-9-13)18-4-2/h1,8-11H,4-7,12H2,2H3,(H,16,17). The number of nitrogens with one attached hydrogen (secondary N) is 1. The zero-order valence-corrected chi connectivity index (χ0v) is 10.7. The first-order chi connectivity index (χ1) is 8.77. The molecule has 0 saturated heterocycles. The largest absolute Gasteiger partial charge is 0.494 e. The van der Waals surface area contributed by atoms with Crippen LogP contribution in [0.4, 0.5) is 0 Å². The van der Waals surface area contributed by atoms with Crippen LogP contribution in [-0.2, 0) is 0 Å². The Morgan fingerprint density at radius 1 is 1.33 bits per heavy atom. The molecule has 1 aromatic carbocycles. The molecule has 1 amide bonds. The second-order valence-corrected chi connectivity index (χ2v) is 3.87. The van der Waals surface area contributed by atoms with Gasteiger partial charge in [0, 0.05) is 18.5 Å². The zero-order valence-electron chi connectivity index (χ0n) is 10.7. The minimum absolute atomic E-state index is 0.0567. The molecule has 0 unspecified atom stereocenters. The van der Waals surface area contributed by atoms with Gasteiger partial charge in [-0.2, -0.15) is 0 Å². The highest BCUT2D eigenvalue weighted by Gasteiger charge is 2.04. The first kappa shape index (κ1) is 14.1. The topological polar surface area (TPSA) is 38.3 Å². The number of carbonyl (C=O) groups is 1. The fourth-order valence-electron chi connectivity index (χ4n) is 1.53. The van der Waals surface area contributed by atoms with Crippen LogP contribution >= 0.6 is 0 Å². The van der Waals surface area contributed by atoms with Crippen LogP contribution in [0.25, 0.3) is 0 Å². The summed E-state index contributed by atoms with van der Waals surface area (Å²) in [6.45, 7) is 3.21. The average molecular weight is 245 g/mol. The van der Waals surface area contributed by atoms with Gasteiger partial charge >= 0.3 is 0 Å². The molecule has 1 rings (SSSR count). The Labute approximate surface area is 109 Å². The quantitative estimate of drug-likeness (QED) is 0.592. The Balaban J connectivity index is 2.35. The normalized spacial score (nSPS) is 9.56. The summed E-state index contributed by atoms with van der Waals surface area (Å²) in [6, 6.07) is 7.14. The Morgan fingerprint density at radius 3 is 2.67 bits per heavy atom. The number of terminal acetylenes is 1. The van der Waals surface area contributed by atoms with Crippen LogP contribution in [0.2, 0.25) is 0 Å². The second-order valence-electron chi connectivity index (χ2n) is 3.87. The molecule has 0 aliphatic carbocycles. The van der Waals surface area contributed by atoms with Crippen molar-refractivity contribution in [3.05, 3.63) is 29.8 Å². The lowest BCUT2D eigenvalue weighted by atomic mass is 10.2. The molecule has 0 fully saturated rings. The predicted octanol–water partition coefficient (Wildman–Crippen LogP) is 2.62. The molecule has 0 aliphatic rings. The molecule has 0 aliphatic heterocycles. The number of benzene rings is 1. The van der Waals surface area contributed by atoms with E-state index in [2.05, 4.69) is 11.2 Å². The monoisotopic (exact) mass is 245 g/mol. The highest BCUT2D eigenvalue weighted by molar-refractivity contribution is 5.94. The number of amides is 1. The van der Waals surface area contributed by atoms with Gasteiger partial charge in [-0.05, 0) is 44.0 Å². The van der Waals surface area contributed by atoms with E-state index >= 15 is 0 Å². The van der Waals surface area contributed by atoms with Crippen LogP contribution < -0.4 is 10.1 Å². The Bertz CT molecular complexity index is 403. The molecule has 96 valence electrons. The molecule has 18 heavy (non-hydrogen) atoms. The van der Waals surface area contributed by atoms with Gasteiger partial charge in [-0.1, -0.05) is 0 Å². The summed E-state index contributed by atoms with van der Waals surface area (Å²) in [5.74, 6) is 3.30. The summed E-state index contributed by atoms with van der Waals surface area (Å²) < 4.78 is 5.32. The number of unbranched alkanes of at least 4 members (excludes halogenated alkanes) is 2. The molecular formula is C15H19NO2. The summed E-state index contributed by atoms with van der Waals surface area (Å²) in [5, 5.41) is 2.86. The van der Waals surface area contributed by atoms with Crippen molar-refractivity contribution in [3.8, 4) is 18.1 Å². The molecule has 3 nitrogen and oxygen atoms in total. The Morgan fingerprint density at radius 2 is 2.06 bits per heavy atom. The van der Waals surface area contributed by atoms with Gasteiger partial charge in [0.25, 0.3) is 5.91 Å². The van der Waals surface area contributed by atoms with Crippen LogP contribution in [0, 0.1) is 12.3 Å². The Kier molecular flexibility index (Phi) is 6.42. The third-order valence-corrected chi connectivity index (χ3v) is 2.46. The van der Waals surface area contributed by atoms with Gasteiger partial charge in [0.2, 0.25) is 0 Å². The molecule has 0 spiro atoms. The maximum atomic E-state index is 11.8. The molecule has 0 saturated carbocycles. The number of carbonyl (C=O) groups excluding carboxylic acids is 1. The highest BCUT2D eigenvalue weighted by Crippen LogP contribution is 2.11. The molecular weight excluding hydrogens is 226 g/mol. The van der Waals surface area contributed by atoms with E-state index in [4.69, 9.17) is 11.2 Å². The summed E-state index contributed by atoms with van der Waals surface area (Å²) in [5.41, 5.74) is 0.649. The van der Waals surface area contributed by atoms with Crippen molar-refractivity contribution in [2.24, 2.45) is 0 Å². The number of hydrogen-bond acceptors (Lipinski definition) is 2. The molecule has 3 heteroatoms. The molecule has 0 aromatic heterocycles. The van der Waals surface area contributed by atoms with Crippen LogP contribution in [0.5, 0.6) is 5.75 Å². The summed E-state index contributed by atoms with van der Waals surface area (Å²) in [6.07, 6.45) is 7.77. The second kappa shape index (κ2) is 8.19. The third-order valence-electron chi connectivity index (χ3n) is 2.46. The van der Waals surface area contributed by atoms with Crippen molar-refractivity contribution >= 4 is 5.91 Å².